The van der Waals surface area contributed by atoms with Gasteiger partial charge in [-0.2, -0.15) is 0 Å². The molecule has 1 aliphatic rings. The first-order valence-corrected chi connectivity index (χ1v) is 7.30. The van der Waals surface area contributed by atoms with Gasteiger partial charge in [0, 0.05) is 6.54 Å². The molecule has 2 N–H and O–H groups in total. The van der Waals surface area contributed by atoms with Crippen LogP contribution in [-0.4, -0.2) is 26.0 Å². The molecule has 5 nitrogen and oxygen atoms in total. The Labute approximate surface area is 106 Å². The van der Waals surface area contributed by atoms with Crippen LogP contribution in [0.4, 0.5) is 0 Å². The summed E-state index contributed by atoms with van der Waals surface area (Å²) in [7, 11) is -3.60. The van der Waals surface area contributed by atoms with Crippen molar-refractivity contribution in [1.29, 1.82) is 0 Å². The van der Waals surface area contributed by atoms with E-state index < -0.39 is 16.0 Å². The van der Waals surface area contributed by atoms with Gasteiger partial charge in [0.05, 0.1) is 10.5 Å². The molecule has 0 aromatic heterocycles. The molecule has 0 atom stereocenters. The van der Waals surface area contributed by atoms with Crippen LogP contribution in [0.2, 0.25) is 0 Å². The maximum absolute atomic E-state index is 11.9. The molecule has 0 aliphatic heterocycles. The second kappa shape index (κ2) is 5.07. The number of hydrogen-bond acceptors (Lipinski definition) is 3. The van der Waals surface area contributed by atoms with E-state index in [4.69, 9.17) is 5.11 Å². The summed E-state index contributed by atoms with van der Waals surface area (Å²) in [6, 6.07) is 5.36. The van der Waals surface area contributed by atoms with Crippen LogP contribution in [0.15, 0.2) is 29.2 Å². The number of carbonyl (C=O) groups is 1. The SMILES string of the molecule is O=C(O)c1cccc(S(=O)(=O)NCCC2CC2)c1. The van der Waals surface area contributed by atoms with Crippen molar-refractivity contribution in [3.63, 3.8) is 0 Å². The van der Waals surface area contributed by atoms with Crippen molar-refractivity contribution in [2.45, 2.75) is 24.2 Å². The van der Waals surface area contributed by atoms with Crippen LogP contribution >= 0.6 is 0 Å². The maximum Gasteiger partial charge on any atom is 0.335 e. The lowest BCUT2D eigenvalue weighted by Gasteiger charge is -2.06. The van der Waals surface area contributed by atoms with Crippen molar-refractivity contribution in [2.75, 3.05) is 6.54 Å². The normalized spacial score (nSPS) is 15.6. The predicted octanol–water partition coefficient (Wildman–Crippen LogP) is 1.46. The van der Waals surface area contributed by atoms with Crippen molar-refractivity contribution in [1.82, 2.24) is 4.72 Å². The Hall–Kier alpha value is -1.40. The van der Waals surface area contributed by atoms with Crippen molar-refractivity contribution in [3.8, 4) is 0 Å². The number of nitrogens with one attached hydrogen (secondary N) is 1. The Balaban J connectivity index is 2.07. The first-order valence-electron chi connectivity index (χ1n) is 5.82. The molecule has 98 valence electrons. The van der Waals surface area contributed by atoms with Gasteiger partial charge in [0.1, 0.15) is 0 Å². The fraction of sp³-hybridized carbons (Fsp3) is 0.417. The summed E-state index contributed by atoms with van der Waals surface area (Å²) < 4.78 is 26.3. The zero-order chi connectivity index (χ0) is 13.2. The zero-order valence-electron chi connectivity index (χ0n) is 9.80. The number of hydrogen-bond donors (Lipinski definition) is 2. The molecule has 0 radical (unpaired) electrons. The van der Waals surface area contributed by atoms with E-state index >= 15 is 0 Å². The lowest BCUT2D eigenvalue weighted by Crippen LogP contribution is -2.25. The van der Waals surface area contributed by atoms with Crippen LogP contribution in [-0.2, 0) is 10.0 Å². The van der Waals surface area contributed by atoms with Gasteiger partial charge in [-0.05, 0) is 30.5 Å². The summed E-state index contributed by atoms with van der Waals surface area (Å²) >= 11 is 0. The van der Waals surface area contributed by atoms with Gasteiger partial charge in [-0.3, -0.25) is 0 Å². The topological polar surface area (TPSA) is 83.5 Å². The Kier molecular flexibility index (Phi) is 3.68. The number of rotatable bonds is 6. The average Bonchev–Trinajstić information content (AvgIpc) is 3.13. The molecule has 6 heteroatoms. The van der Waals surface area contributed by atoms with Gasteiger partial charge in [0.15, 0.2) is 0 Å². The average molecular weight is 269 g/mol. The van der Waals surface area contributed by atoms with Crippen LogP contribution in [0, 0.1) is 5.92 Å². The molecular weight excluding hydrogens is 254 g/mol. The van der Waals surface area contributed by atoms with E-state index in [1.807, 2.05) is 0 Å². The third kappa shape index (κ3) is 3.30. The summed E-state index contributed by atoms with van der Waals surface area (Å²) in [4.78, 5) is 10.8. The summed E-state index contributed by atoms with van der Waals surface area (Å²) in [6.45, 7) is 0.407. The minimum Gasteiger partial charge on any atom is -0.478 e. The third-order valence-electron chi connectivity index (χ3n) is 2.93. The highest BCUT2D eigenvalue weighted by Gasteiger charge is 2.22. The molecule has 0 unspecified atom stereocenters. The largest absolute Gasteiger partial charge is 0.478 e. The van der Waals surface area contributed by atoms with Gasteiger partial charge < -0.3 is 5.11 Å². The van der Waals surface area contributed by atoms with Crippen LogP contribution < -0.4 is 4.72 Å². The van der Waals surface area contributed by atoms with Crippen LogP contribution in [0.5, 0.6) is 0 Å². The van der Waals surface area contributed by atoms with Gasteiger partial charge in [-0.25, -0.2) is 17.9 Å². The summed E-state index contributed by atoms with van der Waals surface area (Å²) in [6.07, 6.45) is 3.20. The van der Waals surface area contributed by atoms with Crippen LogP contribution in [0.3, 0.4) is 0 Å². The Morgan fingerprint density at radius 3 is 2.72 bits per heavy atom. The van der Waals surface area contributed by atoms with E-state index in [-0.39, 0.29) is 10.5 Å². The minimum atomic E-state index is -3.60. The molecular formula is C12H15NO4S. The lowest BCUT2D eigenvalue weighted by atomic mass is 10.2. The minimum absolute atomic E-state index is 0.00167. The molecule has 2 rings (SSSR count). The fourth-order valence-electron chi connectivity index (χ4n) is 1.68. The number of sulfonamides is 1. The highest BCUT2D eigenvalue weighted by molar-refractivity contribution is 7.89. The molecule has 1 aliphatic carbocycles. The second-order valence-corrected chi connectivity index (χ2v) is 6.23. The lowest BCUT2D eigenvalue weighted by molar-refractivity contribution is 0.0696. The van der Waals surface area contributed by atoms with Gasteiger partial charge in [-0.15, -0.1) is 0 Å². The highest BCUT2D eigenvalue weighted by atomic mass is 32.2. The number of carboxylic acids is 1. The molecule has 0 amide bonds. The quantitative estimate of drug-likeness (QED) is 0.819. The molecule has 0 bridgehead atoms. The van der Waals surface area contributed by atoms with Gasteiger partial charge >= 0.3 is 5.97 Å². The van der Waals surface area contributed by atoms with Crippen LogP contribution in [0.25, 0.3) is 0 Å². The van der Waals surface area contributed by atoms with Gasteiger partial charge in [-0.1, -0.05) is 18.9 Å². The van der Waals surface area contributed by atoms with E-state index in [9.17, 15) is 13.2 Å². The van der Waals surface area contributed by atoms with E-state index in [0.29, 0.717) is 12.5 Å². The van der Waals surface area contributed by atoms with E-state index in [2.05, 4.69) is 4.72 Å². The second-order valence-electron chi connectivity index (χ2n) is 4.46. The maximum atomic E-state index is 11.9. The van der Waals surface area contributed by atoms with E-state index in [1.54, 1.807) is 0 Å². The Bertz CT molecular complexity index is 549. The fourth-order valence-corrected chi connectivity index (χ4v) is 2.78. The van der Waals surface area contributed by atoms with Gasteiger partial charge in [0.25, 0.3) is 0 Å². The van der Waals surface area contributed by atoms with Crippen molar-refractivity contribution >= 4 is 16.0 Å². The highest BCUT2D eigenvalue weighted by Crippen LogP contribution is 2.31. The first kappa shape index (κ1) is 13.0. The standard InChI is InChI=1S/C12H15NO4S/c14-12(15)10-2-1-3-11(8-10)18(16,17)13-7-6-9-4-5-9/h1-3,8-9,13H,4-7H2,(H,14,15). The number of benzene rings is 1. The summed E-state index contributed by atoms with van der Waals surface area (Å²) in [5.74, 6) is -0.483. The Morgan fingerprint density at radius 1 is 1.39 bits per heavy atom. The molecule has 1 aromatic rings. The molecule has 0 spiro atoms. The number of aromatic carboxylic acids is 1. The van der Waals surface area contributed by atoms with E-state index in [0.717, 1.165) is 6.42 Å². The summed E-state index contributed by atoms with van der Waals surface area (Å²) in [5, 5.41) is 8.82. The molecule has 1 saturated carbocycles. The zero-order valence-corrected chi connectivity index (χ0v) is 10.6. The van der Waals surface area contributed by atoms with Crippen molar-refractivity contribution in [3.05, 3.63) is 29.8 Å². The number of carboxylic acid groups (broad SMARTS) is 1. The van der Waals surface area contributed by atoms with Gasteiger partial charge in [0.2, 0.25) is 10.0 Å². The molecule has 18 heavy (non-hydrogen) atoms. The smallest absolute Gasteiger partial charge is 0.335 e. The molecule has 0 saturated heterocycles. The predicted molar refractivity (Wildman–Crippen MR) is 65.9 cm³/mol. The Morgan fingerprint density at radius 2 is 2.11 bits per heavy atom. The van der Waals surface area contributed by atoms with Crippen molar-refractivity contribution < 1.29 is 18.3 Å². The molecule has 1 fully saturated rings. The van der Waals surface area contributed by atoms with Crippen LogP contribution in [0.1, 0.15) is 29.6 Å². The molecule has 0 heterocycles. The van der Waals surface area contributed by atoms with Crippen molar-refractivity contribution in [2.24, 2.45) is 5.92 Å². The third-order valence-corrected chi connectivity index (χ3v) is 4.39. The molecule has 1 aromatic carbocycles. The monoisotopic (exact) mass is 269 g/mol. The first-order chi connectivity index (χ1) is 8.49. The van der Waals surface area contributed by atoms with E-state index in [1.165, 1.54) is 37.1 Å². The summed E-state index contributed by atoms with van der Waals surface area (Å²) in [5.41, 5.74) is -0.0277.